The van der Waals surface area contributed by atoms with Crippen molar-refractivity contribution in [1.29, 1.82) is 0 Å². The molecule has 0 saturated carbocycles. The molecule has 0 amide bonds. The van der Waals surface area contributed by atoms with E-state index in [9.17, 15) is 10.1 Å². The second kappa shape index (κ2) is 2.24. The van der Waals surface area contributed by atoms with Crippen LogP contribution in [0.15, 0.2) is 11.6 Å². The molecule has 0 aliphatic heterocycles. The Balaban J connectivity index is 2.67. The van der Waals surface area contributed by atoms with Crippen molar-refractivity contribution in [2.75, 3.05) is 0 Å². The molecule has 0 aliphatic carbocycles. The van der Waals surface area contributed by atoms with Gasteiger partial charge in [-0.1, -0.05) is 11.3 Å². The van der Waals surface area contributed by atoms with Gasteiger partial charge in [-0.15, -0.1) is 11.3 Å². The first-order valence-electron chi connectivity index (χ1n) is 2.75. The highest BCUT2D eigenvalue weighted by molar-refractivity contribution is 7.38. The van der Waals surface area contributed by atoms with Crippen molar-refractivity contribution in [3.8, 4) is 0 Å². The summed E-state index contributed by atoms with van der Waals surface area (Å²) in [6, 6.07) is 1.50. The van der Waals surface area contributed by atoms with Gasteiger partial charge in [0, 0.05) is 0 Å². The van der Waals surface area contributed by atoms with Crippen LogP contribution in [0.2, 0.25) is 0 Å². The van der Waals surface area contributed by atoms with Crippen LogP contribution in [0, 0.1) is 10.1 Å². The van der Waals surface area contributed by atoms with E-state index in [2.05, 4.69) is 4.98 Å². The monoisotopic (exact) mass is 186 g/mol. The van der Waals surface area contributed by atoms with Crippen LogP contribution in [-0.2, 0) is 0 Å². The molecule has 2 aromatic heterocycles. The second-order valence-electron chi connectivity index (χ2n) is 1.87. The van der Waals surface area contributed by atoms with E-state index in [1.54, 1.807) is 5.51 Å². The highest BCUT2D eigenvalue weighted by Crippen LogP contribution is 2.32. The topological polar surface area (TPSA) is 56.0 Å². The van der Waals surface area contributed by atoms with Gasteiger partial charge in [0.05, 0.1) is 22.0 Å². The van der Waals surface area contributed by atoms with Crippen molar-refractivity contribution < 1.29 is 4.92 Å². The Morgan fingerprint density at radius 2 is 2.45 bits per heavy atom. The molecular weight excluding hydrogens is 184 g/mol. The summed E-state index contributed by atoms with van der Waals surface area (Å²) in [5.74, 6) is 0. The summed E-state index contributed by atoms with van der Waals surface area (Å²) in [6.45, 7) is 0. The molecule has 0 N–H and O–H groups in total. The van der Waals surface area contributed by atoms with Gasteiger partial charge in [-0.25, -0.2) is 4.98 Å². The molecule has 0 aliphatic rings. The van der Waals surface area contributed by atoms with Crippen LogP contribution in [0.4, 0.5) is 5.00 Å². The second-order valence-corrected chi connectivity index (χ2v) is 4.01. The number of thiophene rings is 1. The number of nitro groups is 1. The van der Waals surface area contributed by atoms with E-state index in [4.69, 9.17) is 0 Å². The minimum Gasteiger partial charge on any atom is -0.258 e. The van der Waals surface area contributed by atoms with Gasteiger partial charge >= 0.3 is 5.00 Å². The van der Waals surface area contributed by atoms with Gasteiger partial charge in [-0.2, -0.15) is 0 Å². The molecule has 6 heteroatoms. The fourth-order valence-corrected chi connectivity index (χ4v) is 2.47. The number of aromatic nitrogens is 1. The predicted octanol–water partition coefficient (Wildman–Crippen LogP) is 2.27. The molecule has 0 saturated heterocycles. The van der Waals surface area contributed by atoms with Crippen LogP contribution >= 0.6 is 22.7 Å². The van der Waals surface area contributed by atoms with Gasteiger partial charge < -0.3 is 0 Å². The van der Waals surface area contributed by atoms with Gasteiger partial charge in [0.1, 0.15) is 4.01 Å². The molecule has 56 valence electrons. The average Bonchev–Trinajstić information content (AvgIpc) is 2.40. The molecule has 4 nitrogen and oxygen atoms in total. The molecule has 2 rings (SSSR count). The van der Waals surface area contributed by atoms with Crippen molar-refractivity contribution in [2.24, 2.45) is 0 Å². The fourth-order valence-electron chi connectivity index (χ4n) is 0.748. The molecule has 0 bridgehead atoms. The van der Waals surface area contributed by atoms with Crippen LogP contribution < -0.4 is 0 Å². The molecule has 2 heterocycles. The maximum atomic E-state index is 10.3. The van der Waals surface area contributed by atoms with Crippen LogP contribution in [0.3, 0.4) is 0 Å². The van der Waals surface area contributed by atoms with Crippen molar-refractivity contribution in [3.05, 3.63) is 21.7 Å². The third-order valence-electron chi connectivity index (χ3n) is 1.20. The molecule has 0 radical (unpaired) electrons. The van der Waals surface area contributed by atoms with E-state index in [-0.39, 0.29) is 9.92 Å². The van der Waals surface area contributed by atoms with E-state index < -0.39 is 0 Å². The lowest BCUT2D eigenvalue weighted by Crippen LogP contribution is -1.80. The first-order valence-corrected chi connectivity index (χ1v) is 4.44. The van der Waals surface area contributed by atoms with E-state index >= 15 is 0 Å². The number of fused-ring (bicyclic) bond motifs is 1. The number of rotatable bonds is 1. The van der Waals surface area contributed by atoms with Crippen LogP contribution in [-0.4, -0.2) is 9.91 Å². The lowest BCUT2D eigenvalue weighted by molar-refractivity contribution is -0.380. The summed E-state index contributed by atoms with van der Waals surface area (Å²) in [6.07, 6.45) is 0. The molecule has 0 atom stereocenters. The van der Waals surface area contributed by atoms with Gasteiger partial charge in [0.15, 0.2) is 0 Å². The lowest BCUT2D eigenvalue weighted by atomic mass is 10.6. The summed E-state index contributed by atoms with van der Waals surface area (Å²) in [5, 5.41) is 10.4. The zero-order chi connectivity index (χ0) is 7.84. The summed E-state index contributed by atoms with van der Waals surface area (Å²) in [5.41, 5.74) is 2.41. The van der Waals surface area contributed by atoms with Gasteiger partial charge in [-0.3, -0.25) is 10.1 Å². The Morgan fingerprint density at radius 3 is 3.09 bits per heavy atom. The van der Waals surface area contributed by atoms with E-state index in [1.165, 1.54) is 28.7 Å². The van der Waals surface area contributed by atoms with Gasteiger partial charge in [0.25, 0.3) is 0 Å². The van der Waals surface area contributed by atoms with Crippen LogP contribution in [0.5, 0.6) is 0 Å². The Labute approximate surface area is 69.3 Å². The van der Waals surface area contributed by atoms with Crippen LogP contribution in [0.1, 0.15) is 0 Å². The van der Waals surface area contributed by atoms with Crippen molar-refractivity contribution >= 4 is 37.2 Å². The maximum Gasteiger partial charge on any atom is 0.327 e. The SMILES string of the molecule is O=[N+]([O-])c1cc2ncsc2s1. The van der Waals surface area contributed by atoms with Crippen LogP contribution in [0.25, 0.3) is 9.53 Å². The van der Waals surface area contributed by atoms with Crippen molar-refractivity contribution in [2.45, 2.75) is 0 Å². The number of hydrogen-bond acceptors (Lipinski definition) is 5. The minimum atomic E-state index is -0.390. The van der Waals surface area contributed by atoms with E-state index in [0.29, 0.717) is 0 Å². The Morgan fingerprint density at radius 1 is 1.64 bits per heavy atom. The average molecular weight is 186 g/mol. The highest BCUT2D eigenvalue weighted by Gasteiger charge is 2.12. The summed E-state index contributed by atoms with van der Waals surface area (Å²) in [4.78, 5) is 13.8. The normalized spacial score (nSPS) is 10.5. The Kier molecular flexibility index (Phi) is 1.36. The molecule has 11 heavy (non-hydrogen) atoms. The van der Waals surface area contributed by atoms with Gasteiger partial charge in [-0.05, 0) is 0 Å². The predicted molar refractivity (Wildman–Crippen MR) is 44.2 cm³/mol. The number of hydrogen-bond donors (Lipinski definition) is 0. The standard InChI is InChI=1S/C5H2N2O2S2/c8-7(9)4-1-3-5(11-4)10-2-6-3/h1-2H. The largest absolute Gasteiger partial charge is 0.327 e. The smallest absolute Gasteiger partial charge is 0.258 e. The van der Waals surface area contributed by atoms with Gasteiger partial charge in [0.2, 0.25) is 0 Å². The molecule has 0 aromatic carbocycles. The molecule has 0 spiro atoms. The number of thiazole rings is 1. The third-order valence-corrected chi connectivity index (χ3v) is 3.24. The first-order chi connectivity index (χ1) is 5.27. The van der Waals surface area contributed by atoms with Crippen molar-refractivity contribution in [3.63, 3.8) is 0 Å². The molecular formula is C5H2N2O2S2. The number of nitrogens with zero attached hydrogens (tertiary/aromatic N) is 2. The minimum absolute atomic E-state index is 0.166. The Hall–Kier alpha value is -1.01. The Bertz CT molecular complexity index is 377. The zero-order valence-electron chi connectivity index (χ0n) is 5.18. The fraction of sp³-hybridized carbons (Fsp3) is 0. The van der Waals surface area contributed by atoms with E-state index in [0.717, 1.165) is 9.53 Å². The summed E-state index contributed by atoms with van der Waals surface area (Å²) < 4.78 is 0.914. The maximum absolute atomic E-state index is 10.3. The molecule has 0 fully saturated rings. The quantitative estimate of drug-likeness (QED) is 0.507. The zero-order valence-corrected chi connectivity index (χ0v) is 6.82. The molecule has 2 aromatic rings. The highest BCUT2D eigenvalue weighted by atomic mass is 32.2. The van der Waals surface area contributed by atoms with E-state index in [1.807, 2.05) is 0 Å². The first kappa shape index (κ1) is 6.68. The lowest BCUT2D eigenvalue weighted by Gasteiger charge is -1.77. The summed E-state index contributed by atoms with van der Waals surface area (Å²) in [7, 11) is 0. The third kappa shape index (κ3) is 0.997. The van der Waals surface area contributed by atoms with Crippen molar-refractivity contribution in [1.82, 2.24) is 4.98 Å². The summed E-state index contributed by atoms with van der Waals surface area (Å²) >= 11 is 2.60. The molecule has 0 unspecified atom stereocenters.